The van der Waals surface area contributed by atoms with Gasteiger partial charge in [-0.3, -0.25) is 5.73 Å². The van der Waals surface area contributed by atoms with Gasteiger partial charge in [-0.2, -0.15) is 10.6 Å². The van der Waals surface area contributed by atoms with Crippen LogP contribution in [0.1, 0.15) is 0 Å². The first kappa shape index (κ1) is 10.6. The fourth-order valence-electron chi connectivity index (χ4n) is 0.830. The van der Waals surface area contributed by atoms with Gasteiger partial charge in [0.25, 0.3) is 6.19 Å². The molecule has 0 aliphatic carbocycles. The topological polar surface area (TPSA) is 75.8 Å². The van der Waals surface area contributed by atoms with Crippen molar-refractivity contribution in [3.8, 4) is 6.19 Å². The molecule has 4 N–H and O–H groups in total. The average molecular weight is 230 g/mol. The van der Waals surface area contributed by atoms with Gasteiger partial charge < -0.3 is 0 Å². The molecule has 0 saturated carbocycles. The van der Waals surface area contributed by atoms with Crippen LogP contribution < -0.4 is 16.0 Å². The van der Waals surface area contributed by atoms with E-state index in [2.05, 4.69) is 10.3 Å². The summed E-state index contributed by atoms with van der Waals surface area (Å²) in [6.45, 7) is 0. The molecular weight excluding hydrogens is 223 g/mol. The Morgan fingerprint density at radius 2 is 2.21 bits per heavy atom. The standard InChI is InChI=1S/C8H6Cl2N4/c9-5-1-2-6(10)7(3-5)14-8(12)13-4-11/h1-3H,(H3,12,13,14)/p+1. The highest BCUT2D eigenvalue weighted by Gasteiger charge is 2.03. The summed E-state index contributed by atoms with van der Waals surface area (Å²) in [6.07, 6.45) is 1.67. The van der Waals surface area contributed by atoms with E-state index >= 15 is 0 Å². The van der Waals surface area contributed by atoms with Crippen LogP contribution in [0.25, 0.3) is 0 Å². The highest BCUT2D eigenvalue weighted by molar-refractivity contribution is 6.34. The predicted octanol–water partition coefficient (Wildman–Crippen LogP) is 0.0909. The first-order chi connectivity index (χ1) is 6.63. The second kappa shape index (κ2) is 4.70. The maximum absolute atomic E-state index is 8.28. The molecule has 0 aliphatic heterocycles. The van der Waals surface area contributed by atoms with E-state index in [-0.39, 0.29) is 5.96 Å². The summed E-state index contributed by atoms with van der Waals surface area (Å²) in [5.41, 5.74) is 5.95. The third-order valence-corrected chi connectivity index (χ3v) is 1.95. The zero-order valence-electron chi connectivity index (χ0n) is 7.01. The maximum Gasteiger partial charge on any atom is 0.360 e. The van der Waals surface area contributed by atoms with Crippen molar-refractivity contribution in [2.45, 2.75) is 0 Å². The molecule has 0 bridgehead atoms. The Kier molecular flexibility index (Phi) is 3.57. The number of hydrogen-bond acceptors (Lipinski definition) is 1. The summed E-state index contributed by atoms with van der Waals surface area (Å²) in [5, 5.41) is 11.5. The van der Waals surface area contributed by atoms with Crippen molar-refractivity contribution in [3.05, 3.63) is 28.2 Å². The largest absolute Gasteiger partial charge is 0.360 e. The van der Waals surface area contributed by atoms with Gasteiger partial charge in [-0.25, -0.2) is 4.99 Å². The van der Waals surface area contributed by atoms with Crippen LogP contribution in [-0.2, 0) is 0 Å². The first-order valence-corrected chi connectivity index (χ1v) is 4.38. The fraction of sp³-hybridized carbons (Fsp3) is 0. The van der Waals surface area contributed by atoms with Gasteiger partial charge in [0, 0.05) is 5.02 Å². The molecule has 14 heavy (non-hydrogen) atoms. The zero-order chi connectivity index (χ0) is 10.6. The van der Waals surface area contributed by atoms with Crippen molar-refractivity contribution < 1.29 is 4.99 Å². The number of nitrogens with two attached hydrogens (primary N) is 1. The van der Waals surface area contributed by atoms with Crippen LogP contribution in [0.4, 0.5) is 5.69 Å². The molecule has 4 nitrogen and oxygen atoms in total. The summed E-state index contributed by atoms with van der Waals surface area (Å²) < 4.78 is 0. The Morgan fingerprint density at radius 1 is 1.50 bits per heavy atom. The third kappa shape index (κ3) is 2.80. The molecule has 0 aliphatic rings. The Hall–Kier alpha value is -1.44. The number of nitriles is 1. The van der Waals surface area contributed by atoms with Crippen LogP contribution in [0, 0.1) is 11.5 Å². The van der Waals surface area contributed by atoms with Crippen LogP contribution >= 0.6 is 23.2 Å². The van der Waals surface area contributed by atoms with E-state index in [1.165, 1.54) is 0 Å². The SMILES string of the molecule is N#CNC(N)=[NH+]c1cc(Cl)ccc1Cl. The second-order valence-corrected chi connectivity index (χ2v) is 3.24. The van der Waals surface area contributed by atoms with E-state index in [4.69, 9.17) is 34.2 Å². The molecule has 0 aromatic heterocycles. The molecule has 0 unspecified atom stereocenters. The number of rotatable bonds is 1. The molecule has 0 heterocycles. The second-order valence-electron chi connectivity index (χ2n) is 2.40. The highest BCUT2D eigenvalue weighted by atomic mass is 35.5. The minimum Gasteiger partial charge on any atom is -0.290 e. The van der Waals surface area contributed by atoms with Gasteiger partial charge in [0.15, 0.2) is 0 Å². The van der Waals surface area contributed by atoms with Crippen LogP contribution in [0.5, 0.6) is 0 Å². The van der Waals surface area contributed by atoms with Crippen LogP contribution in [0.3, 0.4) is 0 Å². The number of guanidine groups is 1. The van der Waals surface area contributed by atoms with Crippen molar-refractivity contribution in [1.82, 2.24) is 5.32 Å². The molecule has 72 valence electrons. The average Bonchev–Trinajstić information content (AvgIpc) is 2.12. The number of nitrogens with zero attached hydrogens (tertiary/aromatic N) is 1. The van der Waals surface area contributed by atoms with E-state index in [1.54, 1.807) is 24.4 Å². The predicted molar refractivity (Wildman–Crippen MR) is 55.0 cm³/mol. The number of halogens is 2. The van der Waals surface area contributed by atoms with Gasteiger partial charge >= 0.3 is 5.96 Å². The Balaban J connectivity index is 3.02. The lowest BCUT2D eigenvalue weighted by Gasteiger charge is -1.97. The minimum absolute atomic E-state index is 0.0941. The van der Waals surface area contributed by atoms with E-state index in [0.29, 0.717) is 15.7 Å². The zero-order valence-corrected chi connectivity index (χ0v) is 8.52. The molecule has 0 saturated heterocycles. The molecule has 0 fully saturated rings. The normalized spacial score (nSPS) is 10.8. The van der Waals surface area contributed by atoms with Crippen molar-refractivity contribution >= 4 is 34.8 Å². The fourth-order valence-corrected chi connectivity index (χ4v) is 1.17. The Bertz CT molecular complexity index is 408. The van der Waals surface area contributed by atoms with Crippen molar-refractivity contribution in [3.63, 3.8) is 0 Å². The number of nitrogens with one attached hydrogen (secondary N) is 2. The van der Waals surface area contributed by atoms with E-state index in [0.717, 1.165) is 0 Å². The molecule has 6 heteroatoms. The minimum atomic E-state index is 0.0941. The van der Waals surface area contributed by atoms with Crippen LogP contribution in [0.2, 0.25) is 10.0 Å². The molecule has 1 aromatic carbocycles. The van der Waals surface area contributed by atoms with E-state index < -0.39 is 0 Å². The maximum atomic E-state index is 8.28. The van der Waals surface area contributed by atoms with Gasteiger partial charge in [0.1, 0.15) is 5.69 Å². The first-order valence-electron chi connectivity index (χ1n) is 3.63. The number of hydrogen-bond donors (Lipinski definition) is 3. The Labute approximate surface area is 90.9 Å². The lowest BCUT2D eigenvalue weighted by molar-refractivity contribution is -0.357. The molecule has 1 rings (SSSR count). The number of benzene rings is 1. The highest BCUT2D eigenvalue weighted by Crippen LogP contribution is 2.20. The summed E-state index contributed by atoms with van der Waals surface area (Å²) in [4.78, 5) is 2.70. The van der Waals surface area contributed by atoms with E-state index in [1.807, 2.05) is 0 Å². The van der Waals surface area contributed by atoms with Crippen molar-refractivity contribution in [2.75, 3.05) is 0 Å². The quantitative estimate of drug-likeness (QED) is 0.277. The van der Waals surface area contributed by atoms with Gasteiger partial charge in [-0.05, 0) is 18.2 Å². The van der Waals surface area contributed by atoms with Crippen LogP contribution in [-0.4, -0.2) is 5.96 Å². The van der Waals surface area contributed by atoms with E-state index in [9.17, 15) is 0 Å². The molecule has 0 radical (unpaired) electrons. The summed E-state index contributed by atoms with van der Waals surface area (Å²) in [7, 11) is 0. The molecular formula is C8H7Cl2N4+. The Morgan fingerprint density at radius 3 is 2.86 bits per heavy atom. The summed E-state index contributed by atoms with van der Waals surface area (Å²) in [5.74, 6) is 0.0941. The van der Waals surface area contributed by atoms with Gasteiger partial charge in [0.05, 0.1) is 5.02 Å². The van der Waals surface area contributed by atoms with Gasteiger partial charge in [0.2, 0.25) is 0 Å². The lowest BCUT2D eigenvalue weighted by atomic mass is 10.3. The van der Waals surface area contributed by atoms with Crippen LogP contribution in [0.15, 0.2) is 18.2 Å². The third-order valence-electron chi connectivity index (χ3n) is 1.39. The monoisotopic (exact) mass is 229 g/mol. The van der Waals surface area contributed by atoms with Crippen molar-refractivity contribution in [2.24, 2.45) is 5.73 Å². The molecule has 1 aromatic rings. The van der Waals surface area contributed by atoms with Gasteiger partial charge in [-0.15, -0.1) is 0 Å². The molecule has 0 atom stereocenters. The molecule has 0 spiro atoms. The summed E-state index contributed by atoms with van der Waals surface area (Å²) >= 11 is 11.6. The lowest BCUT2D eigenvalue weighted by Crippen LogP contribution is -2.73. The van der Waals surface area contributed by atoms with Gasteiger partial charge in [-0.1, -0.05) is 23.2 Å². The smallest absolute Gasteiger partial charge is 0.290 e. The molecule has 0 amide bonds. The summed E-state index contributed by atoms with van der Waals surface area (Å²) in [6, 6.07) is 4.89. The van der Waals surface area contributed by atoms with Crippen molar-refractivity contribution in [1.29, 1.82) is 5.26 Å².